The maximum atomic E-state index is 12.3. The van der Waals surface area contributed by atoms with E-state index in [0.717, 1.165) is 5.01 Å². The second kappa shape index (κ2) is 5.79. The third kappa shape index (κ3) is 2.98. The summed E-state index contributed by atoms with van der Waals surface area (Å²) in [5.74, 6) is 0.476. The van der Waals surface area contributed by atoms with Crippen LogP contribution in [0, 0.1) is 10.1 Å². The van der Waals surface area contributed by atoms with E-state index in [1.807, 2.05) is 0 Å². The molecular weight excluding hydrogens is 306 g/mol. The number of nitro groups is 1. The molecule has 0 saturated carbocycles. The molecule has 9 heteroatoms. The van der Waals surface area contributed by atoms with Gasteiger partial charge in [-0.15, -0.1) is 0 Å². The minimum absolute atomic E-state index is 0.123. The quantitative estimate of drug-likeness (QED) is 0.485. The van der Waals surface area contributed by atoms with Gasteiger partial charge >= 0.3 is 5.88 Å². The van der Waals surface area contributed by atoms with Gasteiger partial charge < -0.3 is 13.9 Å². The first kappa shape index (κ1) is 14.6. The van der Waals surface area contributed by atoms with Crippen molar-refractivity contribution in [2.75, 3.05) is 13.8 Å². The fourth-order valence-electron chi connectivity index (χ4n) is 1.92. The first-order valence-electron chi connectivity index (χ1n) is 6.50. The van der Waals surface area contributed by atoms with E-state index in [1.54, 1.807) is 18.2 Å². The highest BCUT2D eigenvalue weighted by Gasteiger charge is 2.18. The molecule has 1 aliphatic rings. The van der Waals surface area contributed by atoms with Crippen LogP contribution in [-0.2, 0) is 0 Å². The number of ether oxygens (including phenoxy) is 2. The van der Waals surface area contributed by atoms with Crippen LogP contribution in [0.3, 0.4) is 0 Å². The highest BCUT2D eigenvalue weighted by Crippen LogP contribution is 2.32. The van der Waals surface area contributed by atoms with Gasteiger partial charge in [0.2, 0.25) is 6.79 Å². The van der Waals surface area contributed by atoms with E-state index < -0.39 is 10.8 Å². The fraction of sp³-hybridized carbons (Fsp3) is 0.143. The molecule has 1 aliphatic heterocycles. The van der Waals surface area contributed by atoms with E-state index in [-0.39, 0.29) is 18.5 Å². The topological polar surface area (TPSA) is 107 Å². The van der Waals surface area contributed by atoms with Crippen LogP contribution in [0.2, 0.25) is 0 Å². The molecule has 0 bridgehead atoms. The summed E-state index contributed by atoms with van der Waals surface area (Å²) in [5.41, 5.74) is 0.374. The Balaban J connectivity index is 1.71. The lowest BCUT2D eigenvalue weighted by Gasteiger charge is -2.10. The number of amides is 1. The second-order valence-electron chi connectivity index (χ2n) is 4.57. The molecular formula is C14H11N3O6. The Hall–Kier alpha value is -3.36. The van der Waals surface area contributed by atoms with E-state index in [1.165, 1.54) is 25.4 Å². The van der Waals surface area contributed by atoms with Crippen molar-refractivity contribution in [2.24, 2.45) is 5.10 Å². The molecule has 1 aromatic carbocycles. The third-order valence-corrected chi connectivity index (χ3v) is 3.06. The molecule has 3 rings (SSSR count). The molecule has 0 aliphatic carbocycles. The van der Waals surface area contributed by atoms with E-state index in [0.29, 0.717) is 17.1 Å². The van der Waals surface area contributed by atoms with Crippen molar-refractivity contribution in [3.8, 4) is 11.5 Å². The van der Waals surface area contributed by atoms with Crippen LogP contribution in [-0.4, -0.2) is 35.9 Å². The maximum absolute atomic E-state index is 12.3. The van der Waals surface area contributed by atoms with Gasteiger partial charge in [0.25, 0.3) is 5.91 Å². The average molecular weight is 317 g/mol. The summed E-state index contributed by atoms with van der Waals surface area (Å²) in [6, 6.07) is 7.40. The summed E-state index contributed by atoms with van der Waals surface area (Å²) in [4.78, 5) is 22.1. The van der Waals surface area contributed by atoms with Gasteiger partial charge in [0.15, 0.2) is 17.3 Å². The zero-order valence-electron chi connectivity index (χ0n) is 12.0. The smallest absolute Gasteiger partial charge is 0.433 e. The Bertz CT molecular complexity index is 798. The lowest BCUT2D eigenvalue weighted by molar-refractivity contribution is -0.402. The Labute approximate surface area is 129 Å². The number of nitrogens with zero attached hydrogens (tertiary/aromatic N) is 3. The van der Waals surface area contributed by atoms with E-state index >= 15 is 0 Å². The molecule has 9 nitrogen and oxygen atoms in total. The lowest BCUT2D eigenvalue weighted by atomic mass is 10.2. The Morgan fingerprint density at radius 2 is 2.09 bits per heavy atom. The van der Waals surface area contributed by atoms with E-state index in [2.05, 4.69) is 5.10 Å². The van der Waals surface area contributed by atoms with Crippen LogP contribution in [0.25, 0.3) is 0 Å². The van der Waals surface area contributed by atoms with E-state index in [4.69, 9.17) is 13.9 Å². The number of benzene rings is 1. The SMILES string of the molecule is CN(/N=C/c1ccc([N+](=O)[O-])o1)C(=O)c1ccc2c(c1)OCO2. The number of furan rings is 1. The second-order valence-corrected chi connectivity index (χ2v) is 4.57. The Morgan fingerprint density at radius 1 is 1.30 bits per heavy atom. The standard InChI is InChI=1S/C14H11N3O6/c1-16(15-7-10-3-5-13(23-10)17(19)20)14(18)9-2-4-11-12(6-9)22-8-21-11/h2-7H,8H2,1H3/b15-7+. The molecule has 0 unspecified atom stereocenters. The largest absolute Gasteiger partial charge is 0.454 e. The zero-order chi connectivity index (χ0) is 16.4. The molecule has 23 heavy (non-hydrogen) atoms. The van der Waals surface area contributed by atoms with Crippen LogP contribution < -0.4 is 9.47 Å². The molecule has 0 fully saturated rings. The first-order chi connectivity index (χ1) is 11.0. The summed E-state index contributed by atoms with van der Waals surface area (Å²) in [6.07, 6.45) is 1.22. The summed E-state index contributed by atoms with van der Waals surface area (Å²) in [5, 5.41) is 15.5. The highest BCUT2D eigenvalue weighted by atomic mass is 16.7. The number of hydrogen-bond donors (Lipinski definition) is 0. The number of rotatable bonds is 4. The maximum Gasteiger partial charge on any atom is 0.433 e. The predicted molar refractivity (Wildman–Crippen MR) is 77.6 cm³/mol. The number of carbonyl (C=O) groups excluding carboxylic acids is 1. The predicted octanol–water partition coefficient (Wildman–Crippen LogP) is 2.02. The molecule has 1 aromatic heterocycles. The zero-order valence-corrected chi connectivity index (χ0v) is 12.0. The summed E-state index contributed by atoms with van der Waals surface area (Å²) < 4.78 is 15.3. The van der Waals surface area contributed by atoms with Crippen LogP contribution in [0.4, 0.5) is 5.88 Å². The van der Waals surface area contributed by atoms with Crippen molar-refractivity contribution in [2.45, 2.75) is 0 Å². The minimum atomic E-state index is -0.654. The number of carbonyl (C=O) groups is 1. The monoisotopic (exact) mass is 317 g/mol. The van der Waals surface area contributed by atoms with Crippen LogP contribution in [0.15, 0.2) is 39.9 Å². The molecule has 0 atom stereocenters. The van der Waals surface area contributed by atoms with Crippen LogP contribution in [0.1, 0.15) is 16.1 Å². The van der Waals surface area contributed by atoms with Crippen molar-refractivity contribution in [1.82, 2.24) is 5.01 Å². The van der Waals surface area contributed by atoms with Crippen LogP contribution >= 0.6 is 0 Å². The van der Waals surface area contributed by atoms with Gasteiger partial charge in [-0.25, -0.2) is 5.01 Å². The molecule has 2 heterocycles. The third-order valence-electron chi connectivity index (χ3n) is 3.06. The van der Waals surface area contributed by atoms with Gasteiger partial charge in [0, 0.05) is 12.6 Å². The number of hydrogen-bond acceptors (Lipinski definition) is 7. The van der Waals surface area contributed by atoms with Crippen molar-refractivity contribution >= 4 is 18.0 Å². The molecule has 2 aromatic rings. The van der Waals surface area contributed by atoms with Crippen molar-refractivity contribution in [3.05, 3.63) is 51.8 Å². The summed E-state index contributed by atoms with van der Waals surface area (Å²) in [6.45, 7) is 0.123. The van der Waals surface area contributed by atoms with E-state index in [9.17, 15) is 14.9 Å². The first-order valence-corrected chi connectivity index (χ1v) is 6.50. The summed E-state index contributed by atoms with van der Waals surface area (Å²) >= 11 is 0. The Morgan fingerprint density at radius 3 is 2.83 bits per heavy atom. The normalized spacial score (nSPS) is 12.6. The lowest BCUT2D eigenvalue weighted by Crippen LogP contribution is -2.21. The van der Waals surface area contributed by atoms with Crippen LogP contribution in [0.5, 0.6) is 11.5 Å². The van der Waals surface area contributed by atoms with Crippen molar-refractivity contribution in [3.63, 3.8) is 0 Å². The van der Waals surface area contributed by atoms with Gasteiger partial charge in [-0.3, -0.25) is 14.9 Å². The number of hydrazone groups is 1. The van der Waals surface area contributed by atoms with Gasteiger partial charge in [-0.2, -0.15) is 5.10 Å². The molecule has 0 radical (unpaired) electrons. The number of fused-ring (bicyclic) bond motifs is 1. The van der Waals surface area contributed by atoms with Crippen molar-refractivity contribution in [1.29, 1.82) is 0 Å². The van der Waals surface area contributed by atoms with Gasteiger partial charge in [-0.1, -0.05) is 0 Å². The van der Waals surface area contributed by atoms with Gasteiger partial charge in [0.05, 0.1) is 12.3 Å². The molecule has 0 saturated heterocycles. The fourth-order valence-corrected chi connectivity index (χ4v) is 1.92. The summed E-state index contributed by atoms with van der Waals surface area (Å²) in [7, 11) is 1.46. The highest BCUT2D eigenvalue weighted by molar-refractivity contribution is 5.95. The van der Waals surface area contributed by atoms with Gasteiger partial charge in [0.1, 0.15) is 4.92 Å². The molecule has 118 valence electrons. The Kier molecular flexibility index (Phi) is 3.67. The van der Waals surface area contributed by atoms with Gasteiger partial charge in [-0.05, 0) is 24.3 Å². The molecule has 0 N–H and O–H groups in total. The molecule has 0 spiro atoms. The molecule has 1 amide bonds. The van der Waals surface area contributed by atoms with Crippen molar-refractivity contribution < 1.29 is 23.6 Å². The minimum Gasteiger partial charge on any atom is -0.454 e. The average Bonchev–Trinajstić information content (AvgIpc) is 3.19.